The zero-order chi connectivity index (χ0) is 21.7. The van der Waals surface area contributed by atoms with Crippen LogP contribution in [0.15, 0.2) is 53.4 Å². The fraction of sp³-hybridized carbons (Fsp3) is 0.409. The second-order valence-electron chi connectivity index (χ2n) is 7.38. The van der Waals surface area contributed by atoms with E-state index in [1.54, 1.807) is 13.8 Å². The lowest BCUT2D eigenvalue weighted by Crippen LogP contribution is -2.33. The van der Waals surface area contributed by atoms with E-state index in [9.17, 15) is 17.6 Å². The van der Waals surface area contributed by atoms with E-state index in [4.69, 9.17) is 0 Å². The lowest BCUT2D eigenvalue weighted by Gasteiger charge is -2.19. The molecule has 2 aromatic carbocycles. The number of hydrogen-bond donors (Lipinski definition) is 1. The van der Waals surface area contributed by atoms with E-state index < -0.39 is 21.7 Å². The number of nitrogens with one attached hydrogen (secondary N) is 1. The molecule has 162 valence electrons. The van der Waals surface area contributed by atoms with Gasteiger partial charge in [-0.1, -0.05) is 32.0 Å². The van der Waals surface area contributed by atoms with Crippen molar-refractivity contribution in [2.75, 3.05) is 37.6 Å². The van der Waals surface area contributed by atoms with Crippen LogP contribution in [0.3, 0.4) is 0 Å². The molecule has 0 radical (unpaired) electrons. The van der Waals surface area contributed by atoms with E-state index in [1.165, 1.54) is 10.4 Å². The monoisotopic (exact) mass is 433 g/mol. The quantitative estimate of drug-likeness (QED) is 0.695. The van der Waals surface area contributed by atoms with Crippen molar-refractivity contribution in [2.24, 2.45) is 5.92 Å². The number of carbonyl (C=O) groups excluding carboxylic acids is 1. The van der Waals surface area contributed by atoms with Crippen molar-refractivity contribution < 1.29 is 17.6 Å². The minimum absolute atomic E-state index is 0.0751. The Morgan fingerprint density at radius 3 is 2.53 bits per heavy atom. The Morgan fingerprint density at radius 1 is 1.17 bits per heavy atom. The number of carbonyl (C=O) groups is 1. The van der Waals surface area contributed by atoms with Crippen LogP contribution in [0.4, 0.5) is 10.1 Å². The van der Waals surface area contributed by atoms with E-state index in [1.807, 2.05) is 18.2 Å². The molecule has 0 spiro atoms. The summed E-state index contributed by atoms with van der Waals surface area (Å²) in [7, 11) is -3.76. The molecule has 1 aliphatic rings. The van der Waals surface area contributed by atoms with Gasteiger partial charge in [-0.05, 0) is 42.7 Å². The second-order valence-corrected chi connectivity index (χ2v) is 9.32. The number of nitrogens with zero attached hydrogens (tertiary/aromatic N) is 2. The molecule has 1 amide bonds. The number of hydrogen-bond acceptors (Lipinski definition) is 4. The number of rotatable bonds is 8. The Hall–Kier alpha value is -2.45. The zero-order valence-electron chi connectivity index (χ0n) is 17.3. The number of amides is 1. The Morgan fingerprint density at radius 2 is 1.87 bits per heavy atom. The minimum Gasteiger partial charge on any atom is -0.371 e. The molecule has 1 heterocycles. The molecule has 3 rings (SSSR count). The summed E-state index contributed by atoms with van der Waals surface area (Å²) >= 11 is 0. The van der Waals surface area contributed by atoms with Gasteiger partial charge >= 0.3 is 0 Å². The van der Waals surface area contributed by atoms with Gasteiger partial charge in [0.15, 0.2) is 0 Å². The highest BCUT2D eigenvalue weighted by molar-refractivity contribution is 7.89. The summed E-state index contributed by atoms with van der Waals surface area (Å²) in [4.78, 5) is 14.8. The topological polar surface area (TPSA) is 69.7 Å². The molecule has 6 nitrogen and oxygen atoms in total. The molecule has 30 heavy (non-hydrogen) atoms. The summed E-state index contributed by atoms with van der Waals surface area (Å²) in [5, 5.41) is 2.78. The average molecular weight is 434 g/mol. The first-order chi connectivity index (χ1) is 14.4. The Kier molecular flexibility index (Phi) is 7.10. The average Bonchev–Trinajstić information content (AvgIpc) is 3.22. The summed E-state index contributed by atoms with van der Waals surface area (Å²) in [6, 6.07) is 13.4. The lowest BCUT2D eigenvalue weighted by atomic mass is 10.1. The van der Waals surface area contributed by atoms with Gasteiger partial charge in [0.1, 0.15) is 5.82 Å². The molecule has 2 aromatic rings. The number of sulfonamides is 1. The zero-order valence-corrected chi connectivity index (χ0v) is 18.2. The van der Waals surface area contributed by atoms with Gasteiger partial charge in [0, 0.05) is 38.4 Å². The lowest BCUT2D eigenvalue weighted by molar-refractivity contribution is 0.0944. The van der Waals surface area contributed by atoms with Crippen molar-refractivity contribution in [3.05, 3.63) is 59.9 Å². The molecule has 0 aromatic heterocycles. The van der Waals surface area contributed by atoms with Gasteiger partial charge in [-0.25, -0.2) is 12.8 Å². The van der Waals surface area contributed by atoms with Crippen molar-refractivity contribution in [3.8, 4) is 0 Å². The highest BCUT2D eigenvalue weighted by atomic mass is 32.2. The number of benzene rings is 2. The highest BCUT2D eigenvalue weighted by Gasteiger charge is 2.26. The summed E-state index contributed by atoms with van der Waals surface area (Å²) in [5.74, 6) is -1.08. The van der Waals surface area contributed by atoms with Crippen LogP contribution in [0.2, 0.25) is 0 Å². The maximum Gasteiger partial charge on any atom is 0.254 e. The van der Waals surface area contributed by atoms with Crippen molar-refractivity contribution in [2.45, 2.75) is 25.2 Å². The van der Waals surface area contributed by atoms with E-state index in [2.05, 4.69) is 22.3 Å². The van der Waals surface area contributed by atoms with Crippen LogP contribution in [-0.2, 0) is 10.0 Å². The molecule has 1 fully saturated rings. The molecule has 1 unspecified atom stereocenters. The van der Waals surface area contributed by atoms with Crippen molar-refractivity contribution in [1.82, 2.24) is 9.62 Å². The van der Waals surface area contributed by atoms with Crippen molar-refractivity contribution >= 4 is 21.6 Å². The normalized spacial score (nSPS) is 16.8. The van der Waals surface area contributed by atoms with Crippen LogP contribution in [-0.4, -0.2) is 51.4 Å². The SMILES string of the molecule is CCN(CC)S(=O)(=O)c1ccc(F)c(C(=O)NCC2CCN(c3ccccc3)C2)c1. The van der Waals surface area contributed by atoms with E-state index >= 15 is 0 Å². The standard InChI is InChI=1S/C22H28FN3O3S/c1-3-26(4-2)30(28,29)19-10-11-21(23)20(14-19)22(27)24-15-17-12-13-25(16-17)18-8-6-5-7-9-18/h5-11,14,17H,3-4,12-13,15-16H2,1-2H3,(H,24,27). The Bertz CT molecular complexity index is 978. The van der Waals surface area contributed by atoms with Crippen LogP contribution in [0.1, 0.15) is 30.6 Å². The first-order valence-electron chi connectivity index (χ1n) is 10.2. The fourth-order valence-corrected chi connectivity index (χ4v) is 5.24. The smallest absolute Gasteiger partial charge is 0.254 e. The molecule has 1 N–H and O–H groups in total. The molecule has 0 saturated carbocycles. The third-order valence-electron chi connectivity index (χ3n) is 5.48. The molecule has 0 bridgehead atoms. The number of para-hydroxylation sites is 1. The van der Waals surface area contributed by atoms with E-state index in [0.29, 0.717) is 19.6 Å². The predicted molar refractivity (Wildman–Crippen MR) is 116 cm³/mol. The molecule has 0 aliphatic carbocycles. The molecular weight excluding hydrogens is 405 g/mol. The summed E-state index contributed by atoms with van der Waals surface area (Å²) in [6.07, 6.45) is 0.925. The molecular formula is C22H28FN3O3S. The third-order valence-corrected chi connectivity index (χ3v) is 7.53. The first-order valence-corrected chi connectivity index (χ1v) is 11.7. The van der Waals surface area contributed by atoms with Crippen LogP contribution < -0.4 is 10.2 Å². The number of anilines is 1. The maximum absolute atomic E-state index is 14.3. The van der Waals surface area contributed by atoms with E-state index in [-0.39, 0.29) is 16.4 Å². The Balaban J connectivity index is 1.66. The van der Waals surface area contributed by atoms with Crippen molar-refractivity contribution in [3.63, 3.8) is 0 Å². The minimum atomic E-state index is -3.76. The maximum atomic E-state index is 14.3. The fourth-order valence-electron chi connectivity index (χ4n) is 3.76. The van der Waals surface area contributed by atoms with Gasteiger partial charge in [0.05, 0.1) is 10.5 Å². The molecule has 8 heteroatoms. The van der Waals surface area contributed by atoms with Gasteiger partial charge in [-0.3, -0.25) is 4.79 Å². The predicted octanol–water partition coefficient (Wildman–Crippen LogP) is 3.11. The van der Waals surface area contributed by atoms with Crippen LogP contribution in [0.25, 0.3) is 0 Å². The summed E-state index contributed by atoms with van der Waals surface area (Å²) < 4.78 is 40.9. The van der Waals surface area contributed by atoms with Crippen molar-refractivity contribution in [1.29, 1.82) is 0 Å². The van der Waals surface area contributed by atoms with Crippen LogP contribution in [0, 0.1) is 11.7 Å². The van der Waals surface area contributed by atoms with Gasteiger partial charge in [0.2, 0.25) is 10.0 Å². The van der Waals surface area contributed by atoms with Crippen LogP contribution in [0.5, 0.6) is 0 Å². The van der Waals surface area contributed by atoms with Gasteiger partial charge in [-0.2, -0.15) is 4.31 Å². The van der Waals surface area contributed by atoms with Crippen LogP contribution >= 0.6 is 0 Å². The molecule has 1 aliphatic heterocycles. The third kappa shape index (κ3) is 4.82. The van der Waals surface area contributed by atoms with E-state index in [0.717, 1.165) is 37.3 Å². The summed E-state index contributed by atoms with van der Waals surface area (Å²) in [6.45, 7) is 6.19. The second kappa shape index (κ2) is 9.57. The molecule has 1 atom stereocenters. The van der Waals surface area contributed by atoms with Gasteiger partial charge in [-0.15, -0.1) is 0 Å². The summed E-state index contributed by atoms with van der Waals surface area (Å²) in [5.41, 5.74) is 0.896. The van der Waals surface area contributed by atoms with Gasteiger partial charge < -0.3 is 10.2 Å². The number of halogens is 1. The highest BCUT2D eigenvalue weighted by Crippen LogP contribution is 2.23. The van der Waals surface area contributed by atoms with Gasteiger partial charge in [0.25, 0.3) is 5.91 Å². The largest absolute Gasteiger partial charge is 0.371 e. The Labute approximate surface area is 177 Å². The first kappa shape index (κ1) is 22.2. The molecule has 1 saturated heterocycles.